The van der Waals surface area contributed by atoms with Gasteiger partial charge in [0.05, 0.1) is 12.0 Å². The Morgan fingerprint density at radius 2 is 2.14 bits per heavy atom. The van der Waals surface area contributed by atoms with Crippen LogP contribution in [0.3, 0.4) is 0 Å². The molecule has 1 saturated heterocycles. The fourth-order valence-electron chi connectivity index (χ4n) is 2.81. The summed E-state index contributed by atoms with van der Waals surface area (Å²) in [5.74, 6) is 0.935. The molecule has 1 aromatic carbocycles. The highest BCUT2D eigenvalue weighted by Gasteiger charge is 2.23. The Kier molecular flexibility index (Phi) is 5.47. The third-order valence-electron chi connectivity index (χ3n) is 4.12. The first-order valence-electron chi connectivity index (χ1n) is 7.76. The van der Waals surface area contributed by atoms with E-state index in [1.54, 1.807) is 26.2 Å². The second kappa shape index (κ2) is 6.98. The number of ether oxygens (including phenoxy) is 1. The van der Waals surface area contributed by atoms with E-state index in [0.29, 0.717) is 17.0 Å². The smallest absolute Gasteiger partial charge is 0.240 e. The van der Waals surface area contributed by atoms with Crippen molar-refractivity contribution >= 4 is 10.0 Å². The predicted molar refractivity (Wildman–Crippen MR) is 88.0 cm³/mol. The van der Waals surface area contributed by atoms with Crippen molar-refractivity contribution in [3.63, 3.8) is 0 Å². The lowest BCUT2D eigenvalue weighted by molar-refractivity contribution is 0.406. The van der Waals surface area contributed by atoms with Gasteiger partial charge in [-0.3, -0.25) is 0 Å². The number of hydrogen-bond acceptors (Lipinski definition) is 4. The van der Waals surface area contributed by atoms with Gasteiger partial charge in [0.1, 0.15) is 5.75 Å². The molecule has 2 rings (SSSR count). The Hall–Kier alpha value is -1.11. The number of nitrogens with one attached hydrogen (secondary N) is 2. The monoisotopic (exact) mass is 326 g/mol. The predicted octanol–water partition coefficient (Wildman–Crippen LogP) is 2.16. The molecule has 0 aliphatic carbocycles. The van der Waals surface area contributed by atoms with Crippen LogP contribution in [-0.4, -0.2) is 34.7 Å². The number of rotatable bonds is 6. The number of benzene rings is 1. The molecule has 1 unspecified atom stereocenters. The van der Waals surface area contributed by atoms with Crippen LogP contribution in [0.5, 0.6) is 5.75 Å². The summed E-state index contributed by atoms with van der Waals surface area (Å²) in [4.78, 5) is 0.343. The molecule has 2 N–H and O–H groups in total. The Morgan fingerprint density at radius 3 is 2.68 bits per heavy atom. The number of methoxy groups -OCH3 is 1. The second-order valence-electron chi connectivity index (χ2n) is 6.16. The summed E-state index contributed by atoms with van der Waals surface area (Å²) in [7, 11) is -1.90. The van der Waals surface area contributed by atoms with Gasteiger partial charge in [-0.05, 0) is 55.5 Å². The first kappa shape index (κ1) is 17.2. The van der Waals surface area contributed by atoms with E-state index in [-0.39, 0.29) is 12.0 Å². The van der Waals surface area contributed by atoms with E-state index in [1.165, 1.54) is 0 Å². The van der Waals surface area contributed by atoms with E-state index in [0.717, 1.165) is 30.7 Å². The van der Waals surface area contributed by atoms with Crippen LogP contribution in [-0.2, 0) is 10.0 Å². The van der Waals surface area contributed by atoms with Crippen molar-refractivity contribution in [1.29, 1.82) is 0 Å². The first-order chi connectivity index (χ1) is 10.3. The van der Waals surface area contributed by atoms with Crippen LogP contribution in [0.25, 0.3) is 0 Å². The van der Waals surface area contributed by atoms with Crippen molar-refractivity contribution in [2.45, 2.75) is 50.5 Å². The largest absolute Gasteiger partial charge is 0.496 e. The third kappa shape index (κ3) is 3.80. The van der Waals surface area contributed by atoms with Gasteiger partial charge in [-0.2, -0.15) is 0 Å². The third-order valence-corrected chi connectivity index (χ3v) is 5.69. The maximum Gasteiger partial charge on any atom is 0.240 e. The topological polar surface area (TPSA) is 67.4 Å². The minimum absolute atomic E-state index is 0.195. The summed E-state index contributed by atoms with van der Waals surface area (Å²) in [6, 6.07) is 3.78. The van der Waals surface area contributed by atoms with E-state index >= 15 is 0 Å². The molecular weight excluding hydrogens is 300 g/mol. The fourth-order valence-corrected chi connectivity index (χ4v) is 4.15. The van der Waals surface area contributed by atoms with Crippen LogP contribution in [0.1, 0.15) is 43.7 Å². The molecule has 5 nitrogen and oxygen atoms in total. The van der Waals surface area contributed by atoms with Gasteiger partial charge in [-0.15, -0.1) is 0 Å². The summed E-state index contributed by atoms with van der Waals surface area (Å²) in [6.45, 7) is 7.25. The molecule has 1 heterocycles. The molecule has 1 atom stereocenters. The highest BCUT2D eigenvalue weighted by atomic mass is 32.2. The lowest BCUT2D eigenvalue weighted by Crippen LogP contribution is -2.37. The van der Waals surface area contributed by atoms with Gasteiger partial charge in [0.2, 0.25) is 10.0 Å². The second-order valence-corrected chi connectivity index (χ2v) is 7.89. The zero-order chi connectivity index (χ0) is 16.3. The number of sulfonamides is 1. The molecule has 124 valence electrons. The molecule has 1 fully saturated rings. The molecule has 0 amide bonds. The summed E-state index contributed by atoms with van der Waals surface area (Å²) < 4.78 is 33.3. The zero-order valence-corrected chi connectivity index (χ0v) is 14.6. The van der Waals surface area contributed by atoms with Crippen LogP contribution in [0.4, 0.5) is 0 Å². The Labute approximate surface area is 133 Å². The van der Waals surface area contributed by atoms with Gasteiger partial charge in [0.25, 0.3) is 0 Å². The fraction of sp³-hybridized carbons (Fsp3) is 0.625. The molecule has 0 aromatic heterocycles. The van der Waals surface area contributed by atoms with E-state index in [1.807, 2.05) is 13.8 Å². The van der Waals surface area contributed by atoms with Crippen molar-refractivity contribution in [2.24, 2.45) is 0 Å². The van der Waals surface area contributed by atoms with Crippen molar-refractivity contribution in [3.05, 3.63) is 23.3 Å². The molecule has 0 spiro atoms. The van der Waals surface area contributed by atoms with Crippen molar-refractivity contribution in [2.75, 3.05) is 20.2 Å². The van der Waals surface area contributed by atoms with Gasteiger partial charge in [-0.25, -0.2) is 13.1 Å². The minimum atomic E-state index is -3.50. The summed E-state index contributed by atoms with van der Waals surface area (Å²) >= 11 is 0. The molecule has 1 aliphatic rings. The summed E-state index contributed by atoms with van der Waals surface area (Å²) in [6.07, 6.45) is 2.12. The highest BCUT2D eigenvalue weighted by molar-refractivity contribution is 7.89. The van der Waals surface area contributed by atoms with Crippen molar-refractivity contribution in [1.82, 2.24) is 10.0 Å². The van der Waals surface area contributed by atoms with Gasteiger partial charge >= 0.3 is 0 Å². The van der Waals surface area contributed by atoms with Crippen LogP contribution in [0.15, 0.2) is 17.0 Å². The maximum atomic E-state index is 12.6. The van der Waals surface area contributed by atoms with E-state index in [4.69, 9.17) is 4.74 Å². The zero-order valence-electron chi connectivity index (χ0n) is 13.8. The molecule has 1 aromatic rings. The molecule has 1 aliphatic heterocycles. The normalized spacial score (nSPS) is 18.9. The Bertz CT molecular complexity index is 621. The average molecular weight is 326 g/mol. The van der Waals surface area contributed by atoms with Crippen LogP contribution in [0, 0.1) is 6.92 Å². The average Bonchev–Trinajstić information content (AvgIpc) is 2.97. The van der Waals surface area contributed by atoms with Gasteiger partial charge in [0, 0.05) is 12.6 Å². The van der Waals surface area contributed by atoms with E-state index in [9.17, 15) is 8.42 Å². The summed E-state index contributed by atoms with van der Waals surface area (Å²) in [5, 5.41) is 3.30. The van der Waals surface area contributed by atoms with Gasteiger partial charge in [-0.1, -0.05) is 13.8 Å². The first-order valence-corrected chi connectivity index (χ1v) is 9.25. The Morgan fingerprint density at radius 1 is 1.41 bits per heavy atom. The standard InChI is InChI=1S/C16H26N2O3S/c1-11(2)14-9-16(12(3)8-15(14)21-4)22(19,20)18-10-13-6-5-7-17-13/h8-9,11,13,17-18H,5-7,10H2,1-4H3. The van der Waals surface area contributed by atoms with Crippen molar-refractivity contribution in [3.8, 4) is 5.75 Å². The van der Waals surface area contributed by atoms with E-state index < -0.39 is 10.0 Å². The van der Waals surface area contributed by atoms with Crippen LogP contribution >= 0.6 is 0 Å². The molecule has 0 saturated carbocycles. The maximum absolute atomic E-state index is 12.6. The van der Waals surface area contributed by atoms with E-state index in [2.05, 4.69) is 10.0 Å². The molecule has 0 radical (unpaired) electrons. The molecule has 6 heteroatoms. The number of hydrogen-bond donors (Lipinski definition) is 2. The molecular formula is C16H26N2O3S. The lowest BCUT2D eigenvalue weighted by Gasteiger charge is -2.17. The number of aryl methyl sites for hydroxylation is 1. The van der Waals surface area contributed by atoms with Crippen LogP contribution < -0.4 is 14.8 Å². The van der Waals surface area contributed by atoms with Gasteiger partial charge in [0.15, 0.2) is 0 Å². The summed E-state index contributed by atoms with van der Waals surface area (Å²) in [5.41, 5.74) is 1.61. The SMILES string of the molecule is COc1cc(C)c(S(=O)(=O)NCC2CCCN2)cc1C(C)C. The molecule has 22 heavy (non-hydrogen) atoms. The van der Waals surface area contributed by atoms with Crippen molar-refractivity contribution < 1.29 is 13.2 Å². The van der Waals surface area contributed by atoms with Gasteiger partial charge < -0.3 is 10.1 Å². The highest BCUT2D eigenvalue weighted by Crippen LogP contribution is 2.31. The lowest BCUT2D eigenvalue weighted by atomic mass is 10.0. The molecule has 0 bridgehead atoms. The van der Waals surface area contributed by atoms with Crippen LogP contribution in [0.2, 0.25) is 0 Å². The Balaban J connectivity index is 2.27. The minimum Gasteiger partial charge on any atom is -0.496 e. The quantitative estimate of drug-likeness (QED) is 0.840.